The lowest BCUT2D eigenvalue weighted by Crippen LogP contribution is -2.22. The Bertz CT molecular complexity index is 665. The van der Waals surface area contributed by atoms with E-state index in [0.29, 0.717) is 18.5 Å². The molecule has 0 saturated carbocycles. The van der Waals surface area contributed by atoms with Gasteiger partial charge in [-0.3, -0.25) is 4.79 Å². The molecule has 0 atom stereocenters. The molecule has 2 rings (SSSR count). The molecule has 0 fully saturated rings. The van der Waals surface area contributed by atoms with E-state index in [1.165, 1.54) is 23.5 Å². The second-order valence-corrected chi connectivity index (χ2v) is 5.26. The molecule has 4 nitrogen and oxygen atoms in total. The van der Waals surface area contributed by atoms with Crippen molar-refractivity contribution in [2.24, 2.45) is 0 Å². The Kier molecular flexibility index (Phi) is 5.38. The summed E-state index contributed by atoms with van der Waals surface area (Å²) in [6.45, 7) is 0.449. The number of hydrogen-bond donors (Lipinski definition) is 3. The number of aliphatic hydroxyl groups is 1. The summed E-state index contributed by atoms with van der Waals surface area (Å²) < 4.78 is 0. The normalized spacial score (nSPS) is 9.76. The van der Waals surface area contributed by atoms with Crippen molar-refractivity contribution < 1.29 is 15.0 Å². The van der Waals surface area contributed by atoms with Gasteiger partial charge in [0.05, 0.1) is 13.2 Å². The number of hydrogen-bond acceptors (Lipinski definition) is 4. The van der Waals surface area contributed by atoms with Crippen molar-refractivity contribution in [2.75, 3.05) is 6.61 Å². The molecule has 108 valence electrons. The van der Waals surface area contributed by atoms with Crippen LogP contribution in [0, 0.1) is 11.8 Å². The van der Waals surface area contributed by atoms with Crippen molar-refractivity contribution in [3.8, 4) is 17.6 Å². The summed E-state index contributed by atoms with van der Waals surface area (Å²) in [5.41, 5.74) is 1.37. The van der Waals surface area contributed by atoms with Gasteiger partial charge >= 0.3 is 0 Å². The molecule has 0 aliphatic carbocycles. The highest BCUT2D eigenvalue weighted by atomic mass is 32.1. The molecular formula is C16H15NO3S. The van der Waals surface area contributed by atoms with Crippen LogP contribution < -0.4 is 5.32 Å². The molecule has 1 aromatic carbocycles. The van der Waals surface area contributed by atoms with Crippen molar-refractivity contribution in [1.29, 1.82) is 0 Å². The minimum Gasteiger partial charge on any atom is -0.508 e. The van der Waals surface area contributed by atoms with Crippen LogP contribution in [-0.2, 0) is 6.54 Å². The number of thiophene rings is 1. The van der Waals surface area contributed by atoms with Crippen LogP contribution in [-0.4, -0.2) is 22.7 Å². The third-order valence-electron chi connectivity index (χ3n) is 2.74. The lowest BCUT2D eigenvalue weighted by atomic mass is 10.2. The van der Waals surface area contributed by atoms with Gasteiger partial charge in [-0.25, -0.2) is 0 Å². The average molecular weight is 301 g/mol. The maximum absolute atomic E-state index is 12.0. The summed E-state index contributed by atoms with van der Waals surface area (Å²) in [4.78, 5) is 12.9. The van der Waals surface area contributed by atoms with Crippen LogP contribution in [0.15, 0.2) is 35.7 Å². The SMILES string of the molecule is O=C(NCc1sccc1C#CCCO)c1ccc(O)cc1. The molecule has 1 heterocycles. The number of phenols is 1. The fraction of sp³-hybridized carbons (Fsp3) is 0.188. The zero-order valence-corrected chi connectivity index (χ0v) is 12.1. The monoisotopic (exact) mass is 301 g/mol. The van der Waals surface area contributed by atoms with Gasteiger partial charge in [-0.2, -0.15) is 0 Å². The van der Waals surface area contributed by atoms with Crippen LogP contribution >= 0.6 is 11.3 Å². The quantitative estimate of drug-likeness (QED) is 0.758. The van der Waals surface area contributed by atoms with Gasteiger partial charge in [-0.15, -0.1) is 11.3 Å². The van der Waals surface area contributed by atoms with E-state index in [1.54, 1.807) is 12.1 Å². The molecule has 1 aromatic heterocycles. The largest absolute Gasteiger partial charge is 0.508 e. The minimum atomic E-state index is -0.197. The van der Waals surface area contributed by atoms with Crippen LogP contribution in [0.1, 0.15) is 27.2 Å². The van der Waals surface area contributed by atoms with Gasteiger partial charge in [0.25, 0.3) is 5.91 Å². The summed E-state index contributed by atoms with van der Waals surface area (Å²) in [6, 6.07) is 8.00. The molecule has 0 bridgehead atoms. The molecule has 0 aliphatic heterocycles. The maximum Gasteiger partial charge on any atom is 0.251 e. The fourth-order valence-corrected chi connectivity index (χ4v) is 2.45. The summed E-state index contributed by atoms with van der Waals surface area (Å²) in [7, 11) is 0. The molecule has 5 heteroatoms. The smallest absolute Gasteiger partial charge is 0.251 e. The van der Waals surface area contributed by atoms with Crippen LogP contribution in [0.4, 0.5) is 0 Å². The zero-order chi connectivity index (χ0) is 15.1. The molecule has 3 N–H and O–H groups in total. The highest BCUT2D eigenvalue weighted by Gasteiger charge is 2.07. The Balaban J connectivity index is 1.97. The Morgan fingerprint density at radius 2 is 2.00 bits per heavy atom. The van der Waals surface area contributed by atoms with Crippen LogP contribution in [0.5, 0.6) is 5.75 Å². The van der Waals surface area contributed by atoms with Gasteiger partial charge in [0.15, 0.2) is 0 Å². The van der Waals surface area contributed by atoms with E-state index in [9.17, 15) is 9.90 Å². The number of aromatic hydroxyl groups is 1. The van der Waals surface area contributed by atoms with Crippen LogP contribution in [0.3, 0.4) is 0 Å². The number of amides is 1. The van der Waals surface area contributed by atoms with E-state index in [4.69, 9.17) is 5.11 Å². The first kappa shape index (κ1) is 15.1. The van der Waals surface area contributed by atoms with Gasteiger partial charge in [-0.05, 0) is 35.7 Å². The molecule has 0 saturated heterocycles. The first-order valence-corrected chi connectivity index (χ1v) is 7.32. The second kappa shape index (κ2) is 7.48. The maximum atomic E-state index is 12.0. The molecule has 0 aliphatic rings. The highest BCUT2D eigenvalue weighted by Crippen LogP contribution is 2.16. The fourth-order valence-electron chi connectivity index (χ4n) is 1.68. The van der Waals surface area contributed by atoms with Crippen LogP contribution in [0.2, 0.25) is 0 Å². The topological polar surface area (TPSA) is 69.6 Å². The first-order valence-electron chi connectivity index (χ1n) is 6.44. The Morgan fingerprint density at radius 1 is 1.24 bits per heavy atom. The van der Waals surface area contributed by atoms with E-state index in [1.807, 2.05) is 11.4 Å². The van der Waals surface area contributed by atoms with Gasteiger partial charge in [0.1, 0.15) is 5.75 Å². The molecule has 0 unspecified atom stereocenters. The van der Waals surface area contributed by atoms with Crippen molar-refractivity contribution >= 4 is 17.2 Å². The standard InChI is InChI=1S/C16H15NO3S/c18-9-2-1-3-12-8-10-21-15(12)11-17-16(20)13-4-6-14(19)7-5-13/h4-8,10,18-19H,2,9,11H2,(H,17,20). The molecule has 1 amide bonds. The summed E-state index contributed by atoms with van der Waals surface area (Å²) in [5, 5.41) is 22.7. The van der Waals surface area contributed by atoms with E-state index in [0.717, 1.165) is 10.4 Å². The minimum absolute atomic E-state index is 0.0457. The van der Waals surface area contributed by atoms with E-state index >= 15 is 0 Å². The summed E-state index contributed by atoms with van der Waals surface area (Å²) in [5.74, 6) is 5.78. The predicted molar refractivity (Wildman–Crippen MR) is 82.2 cm³/mol. The first-order chi connectivity index (χ1) is 10.2. The van der Waals surface area contributed by atoms with Crippen LogP contribution in [0.25, 0.3) is 0 Å². The highest BCUT2D eigenvalue weighted by molar-refractivity contribution is 7.10. The molecular weight excluding hydrogens is 286 g/mol. The molecule has 2 aromatic rings. The van der Waals surface area contributed by atoms with Crippen molar-refractivity contribution in [3.63, 3.8) is 0 Å². The second-order valence-electron chi connectivity index (χ2n) is 4.26. The molecule has 0 radical (unpaired) electrons. The van der Waals surface area contributed by atoms with Gasteiger partial charge in [0.2, 0.25) is 0 Å². The molecule has 0 spiro atoms. The number of nitrogens with one attached hydrogen (secondary N) is 1. The number of benzene rings is 1. The van der Waals surface area contributed by atoms with E-state index < -0.39 is 0 Å². The lowest BCUT2D eigenvalue weighted by Gasteiger charge is -2.04. The predicted octanol–water partition coefficient (Wildman–Crippen LogP) is 2.12. The van der Waals surface area contributed by atoms with E-state index in [2.05, 4.69) is 17.2 Å². The number of carbonyl (C=O) groups excluding carboxylic acids is 1. The van der Waals surface area contributed by atoms with Gasteiger partial charge < -0.3 is 15.5 Å². The summed E-state index contributed by atoms with van der Waals surface area (Å²) >= 11 is 1.53. The number of rotatable bonds is 4. The third kappa shape index (κ3) is 4.35. The average Bonchev–Trinajstić information content (AvgIpc) is 2.93. The zero-order valence-electron chi connectivity index (χ0n) is 11.3. The molecule has 21 heavy (non-hydrogen) atoms. The van der Waals surface area contributed by atoms with Crippen molar-refractivity contribution in [2.45, 2.75) is 13.0 Å². The van der Waals surface area contributed by atoms with Gasteiger partial charge in [0, 0.05) is 22.4 Å². The Labute approximate surface area is 127 Å². The number of aliphatic hydroxyl groups excluding tert-OH is 1. The number of phenolic OH excluding ortho intramolecular Hbond substituents is 1. The number of carbonyl (C=O) groups is 1. The Morgan fingerprint density at radius 3 is 2.71 bits per heavy atom. The Hall–Kier alpha value is -2.29. The third-order valence-corrected chi connectivity index (χ3v) is 3.67. The lowest BCUT2D eigenvalue weighted by molar-refractivity contribution is 0.0951. The van der Waals surface area contributed by atoms with Crippen molar-refractivity contribution in [3.05, 3.63) is 51.7 Å². The van der Waals surface area contributed by atoms with Gasteiger partial charge in [-0.1, -0.05) is 11.8 Å². The van der Waals surface area contributed by atoms with E-state index in [-0.39, 0.29) is 18.3 Å². The van der Waals surface area contributed by atoms with Crippen molar-refractivity contribution in [1.82, 2.24) is 5.32 Å². The summed E-state index contributed by atoms with van der Waals surface area (Å²) in [6.07, 6.45) is 0.440.